The van der Waals surface area contributed by atoms with Crippen LogP contribution < -0.4 is 5.32 Å². The van der Waals surface area contributed by atoms with E-state index in [1.807, 2.05) is 12.1 Å². The van der Waals surface area contributed by atoms with Crippen molar-refractivity contribution in [3.8, 4) is 6.07 Å². The Hall–Kier alpha value is -1.37. The zero-order valence-corrected chi connectivity index (χ0v) is 11.9. The summed E-state index contributed by atoms with van der Waals surface area (Å²) in [7, 11) is 0. The molecule has 0 radical (unpaired) electrons. The van der Waals surface area contributed by atoms with Crippen LogP contribution in [0, 0.1) is 11.3 Å². The lowest BCUT2D eigenvalue weighted by Gasteiger charge is -2.34. The average molecular weight is 257 g/mol. The van der Waals surface area contributed by atoms with Crippen molar-refractivity contribution >= 4 is 0 Å². The molecule has 1 aliphatic rings. The number of nitrogens with zero attached hydrogens (tertiary/aromatic N) is 2. The Morgan fingerprint density at radius 1 is 1.42 bits per heavy atom. The molecule has 0 saturated carbocycles. The van der Waals surface area contributed by atoms with Crippen LogP contribution >= 0.6 is 0 Å². The molecule has 0 bridgehead atoms. The van der Waals surface area contributed by atoms with Gasteiger partial charge < -0.3 is 10.2 Å². The molecule has 1 heterocycles. The molecule has 1 N–H and O–H groups in total. The molecule has 0 amide bonds. The maximum absolute atomic E-state index is 8.81. The van der Waals surface area contributed by atoms with Crippen molar-refractivity contribution in [2.24, 2.45) is 0 Å². The summed E-state index contributed by atoms with van der Waals surface area (Å²) in [5, 5.41) is 12.5. The predicted molar refractivity (Wildman–Crippen MR) is 77.8 cm³/mol. The fourth-order valence-electron chi connectivity index (χ4n) is 2.77. The van der Waals surface area contributed by atoms with Gasteiger partial charge in [-0.3, -0.25) is 0 Å². The van der Waals surface area contributed by atoms with Gasteiger partial charge in [0.1, 0.15) is 0 Å². The van der Waals surface area contributed by atoms with Gasteiger partial charge in [-0.2, -0.15) is 5.26 Å². The fourth-order valence-corrected chi connectivity index (χ4v) is 2.77. The van der Waals surface area contributed by atoms with Gasteiger partial charge in [-0.25, -0.2) is 0 Å². The van der Waals surface area contributed by atoms with E-state index >= 15 is 0 Å². The molecule has 1 aromatic rings. The highest BCUT2D eigenvalue weighted by molar-refractivity contribution is 5.32. The Morgan fingerprint density at radius 2 is 2.16 bits per heavy atom. The molecule has 3 heteroatoms. The number of hydrogen-bond acceptors (Lipinski definition) is 3. The van der Waals surface area contributed by atoms with Crippen molar-refractivity contribution in [2.45, 2.75) is 38.8 Å². The van der Waals surface area contributed by atoms with Crippen LogP contribution in [0.5, 0.6) is 0 Å². The van der Waals surface area contributed by atoms with E-state index < -0.39 is 0 Å². The van der Waals surface area contributed by atoms with Crippen LogP contribution in [0.15, 0.2) is 24.3 Å². The van der Waals surface area contributed by atoms with Crippen molar-refractivity contribution in [3.63, 3.8) is 0 Å². The van der Waals surface area contributed by atoms with Crippen molar-refractivity contribution in [3.05, 3.63) is 35.4 Å². The molecule has 102 valence electrons. The Bertz CT molecular complexity index is 432. The summed E-state index contributed by atoms with van der Waals surface area (Å²) in [6, 6.07) is 11.0. The van der Waals surface area contributed by atoms with Crippen LogP contribution in [-0.2, 0) is 0 Å². The second-order valence-corrected chi connectivity index (χ2v) is 5.35. The van der Waals surface area contributed by atoms with E-state index in [1.165, 1.54) is 24.9 Å². The Kier molecular flexibility index (Phi) is 4.95. The van der Waals surface area contributed by atoms with Crippen LogP contribution in [0.3, 0.4) is 0 Å². The molecule has 0 aromatic heterocycles. The highest BCUT2D eigenvalue weighted by Crippen LogP contribution is 2.17. The van der Waals surface area contributed by atoms with Crippen LogP contribution in [0.2, 0.25) is 0 Å². The van der Waals surface area contributed by atoms with E-state index in [9.17, 15) is 0 Å². The first-order valence-corrected chi connectivity index (χ1v) is 7.21. The smallest absolute Gasteiger partial charge is 0.0991 e. The number of likely N-dealkylation sites (N-methyl/N-ethyl adjacent to an activating group) is 1. The predicted octanol–water partition coefficient (Wildman–Crippen LogP) is 2.69. The molecule has 1 aromatic carbocycles. The zero-order valence-electron chi connectivity index (χ0n) is 11.9. The molecule has 2 unspecified atom stereocenters. The maximum Gasteiger partial charge on any atom is 0.0991 e. The monoisotopic (exact) mass is 257 g/mol. The summed E-state index contributed by atoms with van der Waals surface area (Å²) >= 11 is 0. The first kappa shape index (κ1) is 14.0. The van der Waals surface area contributed by atoms with Gasteiger partial charge in [0, 0.05) is 18.6 Å². The lowest BCUT2D eigenvalue weighted by atomic mass is 10.0. The van der Waals surface area contributed by atoms with Crippen molar-refractivity contribution < 1.29 is 0 Å². The minimum Gasteiger partial charge on any atom is -0.306 e. The van der Waals surface area contributed by atoms with E-state index in [4.69, 9.17) is 5.26 Å². The lowest BCUT2D eigenvalue weighted by molar-refractivity contribution is 0.192. The number of hydrogen-bond donors (Lipinski definition) is 1. The lowest BCUT2D eigenvalue weighted by Crippen LogP contribution is -2.46. The first-order chi connectivity index (χ1) is 9.22. The quantitative estimate of drug-likeness (QED) is 0.901. The number of benzene rings is 1. The average Bonchev–Trinajstić information content (AvgIpc) is 2.47. The summed E-state index contributed by atoms with van der Waals surface area (Å²) in [4.78, 5) is 2.51. The number of nitriles is 1. The summed E-state index contributed by atoms with van der Waals surface area (Å²) in [6.07, 6.45) is 2.54. The molecule has 2 rings (SSSR count). The molecule has 3 nitrogen and oxygen atoms in total. The standard InChI is InChI=1S/C16H23N3/c1-3-19-10-4-5-16(12-19)18-13(2)15-8-6-14(11-17)7-9-15/h6-9,13,16,18H,3-5,10,12H2,1-2H3. The number of nitrogens with one attached hydrogen (secondary N) is 1. The topological polar surface area (TPSA) is 39.1 Å². The van der Waals surface area contributed by atoms with Gasteiger partial charge in [-0.15, -0.1) is 0 Å². The van der Waals surface area contributed by atoms with E-state index in [0.29, 0.717) is 12.1 Å². The molecular formula is C16H23N3. The third-order valence-corrected chi connectivity index (χ3v) is 3.98. The highest BCUT2D eigenvalue weighted by Gasteiger charge is 2.20. The normalized spacial score (nSPS) is 21.8. The summed E-state index contributed by atoms with van der Waals surface area (Å²) in [5.74, 6) is 0. The highest BCUT2D eigenvalue weighted by atomic mass is 15.2. The Labute approximate surface area is 116 Å². The van der Waals surface area contributed by atoms with Gasteiger partial charge in [-0.1, -0.05) is 19.1 Å². The molecule has 1 fully saturated rings. The summed E-state index contributed by atoms with van der Waals surface area (Å²) in [5.41, 5.74) is 1.98. The van der Waals surface area contributed by atoms with Gasteiger partial charge in [-0.05, 0) is 50.6 Å². The van der Waals surface area contributed by atoms with Gasteiger partial charge >= 0.3 is 0 Å². The molecule has 0 aliphatic carbocycles. The number of likely N-dealkylation sites (tertiary alicyclic amines) is 1. The molecule has 1 saturated heterocycles. The van der Waals surface area contributed by atoms with Crippen LogP contribution in [0.4, 0.5) is 0 Å². The first-order valence-electron chi connectivity index (χ1n) is 7.21. The third-order valence-electron chi connectivity index (χ3n) is 3.98. The van der Waals surface area contributed by atoms with E-state index in [-0.39, 0.29) is 0 Å². The van der Waals surface area contributed by atoms with Crippen molar-refractivity contribution in [2.75, 3.05) is 19.6 Å². The molecule has 19 heavy (non-hydrogen) atoms. The van der Waals surface area contributed by atoms with Gasteiger partial charge in [0.15, 0.2) is 0 Å². The SMILES string of the molecule is CCN1CCCC(NC(C)c2ccc(C#N)cc2)C1. The van der Waals surface area contributed by atoms with Gasteiger partial charge in [0.25, 0.3) is 0 Å². The summed E-state index contributed by atoms with van der Waals surface area (Å²) in [6.45, 7) is 7.96. The van der Waals surface area contributed by atoms with Crippen LogP contribution in [0.1, 0.15) is 43.9 Å². The van der Waals surface area contributed by atoms with Crippen molar-refractivity contribution in [1.82, 2.24) is 10.2 Å². The molecule has 2 atom stereocenters. The van der Waals surface area contributed by atoms with E-state index in [1.54, 1.807) is 0 Å². The van der Waals surface area contributed by atoms with Gasteiger partial charge in [0.2, 0.25) is 0 Å². The van der Waals surface area contributed by atoms with E-state index in [2.05, 4.69) is 42.3 Å². The second kappa shape index (κ2) is 6.70. The van der Waals surface area contributed by atoms with Gasteiger partial charge in [0.05, 0.1) is 11.6 Å². The largest absolute Gasteiger partial charge is 0.306 e. The Balaban J connectivity index is 1.92. The fraction of sp³-hybridized carbons (Fsp3) is 0.562. The second-order valence-electron chi connectivity index (χ2n) is 5.35. The minimum atomic E-state index is 0.342. The molecule has 1 aliphatic heterocycles. The molecular weight excluding hydrogens is 234 g/mol. The minimum absolute atomic E-state index is 0.342. The van der Waals surface area contributed by atoms with Crippen LogP contribution in [0.25, 0.3) is 0 Å². The van der Waals surface area contributed by atoms with E-state index in [0.717, 1.165) is 18.7 Å². The Morgan fingerprint density at radius 3 is 2.79 bits per heavy atom. The number of piperidine rings is 1. The third kappa shape index (κ3) is 3.79. The number of rotatable bonds is 4. The van der Waals surface area contributed by atoms with Crippen LogP contribution in [-0.4, -0.2) is 30.6 Å². The molecule has 0 spiro atoms. The maximum atomic E-state index is 8.81. The zero-order chi connectivity index (χ0) is 13.7. The summed E-state index contributed by atoms with van der Waals surface area (Å²) < 4.78 is 0. The van der Waals surface area contributed by atoms with Crippen molar-refractivity contribution in [1.29, 1.82) is 5.26 Å².